The maximum absolute atomic E-state index is 15.1. The summed E-state index contributed by atoms with van der Waals surface area (Å²) in [7, 11) is 0. The van der Waals surface area contributed by atoms with Gasteiger partial charge in [0.2, 0.25) is 48.5 Å². The highest BCUT2D eigenvalue weighted by Gasteiger charge is 2.46. The molecule has 2 aliphatic rings. The molecule has 12 atom stereocenters. The SMILES string of the molecule is C/C=C\[C@H]1CC2C(=O)O[C@H](C)[C@@H](NC(=O)[C@H](CCC[N+](=O)[O-])NC(=O)c3ccc(Cl)n3O)C(=O)N[C@@H]([C@H](C)c3ccccc3)C(=O)N[C@H](CCC[N+](=O)[O-])C(=O)N[C@@H]([C@H](C)c3ccccc3)C(=O)N[C@@H]([C@@H](C)CC)C(=O)N2C1. The fraction of sp³-hybridized carbons (Fsp3) is 0.509. The molecular weight excluding hydrogens is 1040 g/mol. The number of benzene rings is 2. The maximum atomic E-state index is 15.1. The van der Waals surface area contributed by atoms with Crippen molar-refractivity contribution in [1.82, 2.24) is 41.5 Å². The quantitative estimate of drug-likeness (QED) is 0.0298. The minimum absolute atomic E-state index is 0.00597. The number of aromatic nitrogens is 1. The van der Waals surface area contributed by atoms with Crippen LogP contribution in [0.1, 0.15) is 114 Å². The molecule has 7 amide bonds. The highest BCUT2D eigenvalue weighted by Crippen LogP contribution is 2.30. The number of esters is 1. The van der Waals surface area contributed by atoms with Crippen LogP contribution in [0.4, 0.5) is 0 Å². The van der Waals surface area contributed by atoms with Crippen molar-refractivity contribution in [2.75, 3.05) is 19.6 Å². The molecule has 0 spiro atoms. The second-order valence-corrected chi connectivity index (χ2v) is 20.1. The summed E-state index contributed by atoms with van der Waals surface area (Å²) in [5.41, 5.74) is 0.689. The van der Waals surface area contributed by atoms with Gasteiger partial charge in [-0.15, -0.1) is 0 Å². The van der Waals surface area contributed by atoms with Crippen LogP contribution in [0.2, 0.25) is 5.15 Å². The number of amides is 7. The summed E-state index contributed by atoms with van der Waals surface area (Å²) >= 11 is 5.95. The van der Waals surface area contributed by atoms with Gasteiger partial charge in [-0.3, -0.25) is 53.8 Å². The van der Waals surface area contributed by atoms with Crippen LogP contribution in [0.3, 0.4) is 0 Å². The Balaban J connectivity index is 1.68. The lowest BCUT2D eigenvalue weighted by molar-refractivity contribution is -0.480. The zero-order valence-corrected chi connectivity index (χ0v) is 45.1. The third-order valence-electron chi connectivity index (χ3n) is 14.3. The van der Waals surface area contributed by atoms with Gasteiger partial charge in [-0.2, -0.15) is 4.73 Å². The molecular formula is C53H69ClN10O14. The number of ether oxygens (including phenoxy) is 1. The van der Waals surface area contributed by atoms with Gasteiger partial charge in [0.25, 0.3) is 5.91 Å². The van der Waals surface area contributed by atoms with Crippen molar-refractivity contribution >= 4 is 58.9 Å². The number of rotatable bonds is 19. The van der Waals surface area contributed by atoms with Gasteiger partial charge in [-0.1, -0.05) is 119 Å². The summed E-state index contributed by atoms with van der Waals surface area (Å²) in [6.07, 6.45) is 1.07. The molecule has 78 heavy (non-hydrogen) atoms. The fourth-order valence-corrected chi connectivity index (χ4v) is 9.67. The van der Waals surface area contributed by atoms with Crippen molar-refractivity contribution in [2.24, 2.45) is 11.8 Å². The van der Waals surface area contributed by atoms with Gasteiger partial charge in [-0.25, -0.2) is 4.79 Å². The van der Waals surface area contributed by atoms with Crippen LogP contribution >= 0.6 is 11.6 Å². The highest BCUT2D eigenvalue weighted by molar-refractivity contribution is 6.30. The largest absolute Gasteiger partial charge is 0.458 e. The van der Waals surface area contributed by atoms with Crippen molar-refractivity contribution in [3.05, 3.63) is 127 Å². The van der Waals surface area contributed by atoms with Crippen LogP contribution in [0.5, 0.6) is 0 Å². The number of fused-ring (bicyclic) bond motifs is 1. The second-order valence-electron chi connectivity index (χ2n) is 19.7. The zero-order valence-electron chi connectivity index (χ0n) is 44.3. The predicted octanol–water partition coefficient (Wildman–Crippen LogP) is 3.41. The number of allylic oxidation sites excluding steroid dienone is 1. The average molecular weight is 1110 g/mol. The zero-order chi connectivity index (χ0) is 57.4. The van der Waals surface area contributed by atoms with Crippen LogP contribution in [-0.4, -0.2) is 140 Å². The standard InChI is InChI=1S/C53H69ClN10O14/c1-7-17-34-28-40-53(72)78-33(6)45(60-47(66)37(22-15-26-62(73)74)55-48(67)39-24-25-41(54)64(39)77)51(70)59-43(31(4)35-18-11-9-12-19-35)49(68)56-38(23-16-27-63(75)76)46(65)58-44(32(5)36-20-13-10-14-21-36)50(69)57-42(30(3)8-2)52(71)61(40)29-34/h7,9-14,17-21,24-25,30-34,37-38,40,42-45,77H,8,15-16,22-23,26-29H2,1-6H3,(H,55,67)(H,56,68)(H,57,69)(H,58,65)(H,59,70)(H,60,66)/b17-7-/t30-,31+,32+,33+,34-,37-,38+,40?,42-,43-,44-,45+/m0/s1. The predicted molar refractivity (Wildman–Crippen MR) is 283 cm³/mol. The van der Waals surface area contributed by atoms with Gasteiger partial charge < -0.3 is 46.7 Å². The summed E-state index contributed by atoms with van der Waals surface area (Å²) in [4.78, 5) is 140. The first-order chi connectivity index (χ1) is 37.1. The summed E-state index contributed by atoms with van der Waals surface area (Å²) < 4.78 is 6.37. The number of cyclic esters (lactones) is 1. The van der Waals surface area contributed by atoms with E-state index in [0.717, 1.165) is 6.07 Å². The van der Waals surface area contributed by atoms with Crippen LogP contribution in [-0.2, 0) is 38.3 Å². The Morgan fingerprint density at radius 1 is 0.808 bits per heavy atom. The number of hydrogen-bond donors (Lipinski definition) is 7. The Morgan fingerprint density at radius 3 is 1.90 bits per heavy atom. The lowest BCUT2D eigenvalue weighted by Gasteiger charge is -2.34. The Labute approximate surface area is 456 Å². The molecule has 3 aromatic rings. The third kappa shape index (κ3) is 16.1. The average Bonchev–Trinajstić information content (AvgIpc) is 4.02. The number of carbonyl (C=O) groups excluding carboxylic acids is 8. The van der Waals surface area contributed by atoms with Gasteiger partial charge in [0.15, 0.2) is 0 Å². The lowest BCUT2D eigenvalue weighted by Crippen LogP contribution is -2.62. The van der Waals surface area contributed by atoms with Crippen molar-refractivity contribution in [3.63, 3.8) is 0 Å². The smallest absolute Gasteiger partial charge is 0.329 e. The molecule has 0 radical (unpaired) electrons. The van der Waals surface area contributed by atoms with Gasteiger partial charge in [-0.05, 0) is 68.2 Å². The van der Waals surface area contributed by atoms with E-state index in [1.807, 2.05) is 0 Å². The monoisotopic (exact) mass is 1100 g/mol. The summed E-state index contributed by atoms with van der Waals surface area (Å²) in [5.74, 6) is -10.3. The first-order valence-electron chi connectivity index (χ1n) is 25.9. The van der Waals surface area contributed by atoms with Gasteiger partial charge in [0.05, 0.1) is 0 Å². The molecule has 2 fully saturated rings. The van der Waals surface area contributed by atoms with Crippen LogP contribution < -0.4 is 31.9 Å². The first kappa shape index (κ1) is 61.0. The lowest BCUT2D eigenvalue weighted by atomic mass is 9.90. The maximum Gasteiger partial charge on any atom is 0.329 e. The molecule has 24 nitrogen and oxygen atoms in total. The Kier molecular flexibility index (Phi) is 22.3. The number of nitrogens with one attached hydrogen (secondary N) is 6. The van der Waals surface area contributed by atoms with Crippen molar-refractivity contribution in [2.45, 2.75) is 140 Å². The van der Waals surface area contributed by atoms with E-state index in [2.05, 4.69) is 31.9 Å². The van der Waals surface area contributed by atoms with E-state index >= 15 is 9.59 Å². The molecule has 1 aromatic heterocycles. The van der Waals surface area contributed by atoms with E-state index in [1.54, 1.807) is 107 Å². The van der Waals surface area contributed by atoms with Crippen LogP contribution in [0, 0.1) is 32.1 Å². The fourth-order valence-electron chi connectivity index (χ4n) is 9.52. The normalized spacial score (nSPS) is 24.3. The van der Waals surface area contributed by atoms with Gasteiger partial charge in [0.1, 0.15) is 59.2 Å². The topological polar surface area (TPSA) is 333 Å². The van der Waals surface area contributed by atoms with E-state index < -0.39 is 148 Å². The Hall–Kier alpha value is -7.89. The molecule has 3 heterocycles. The molecule has 0 bridgehead atoms. The van der Waals surface area contributed by atoms with E-state index in [4.69, 9.17) is 16.3 Å². The van der Waals surface area contributed by atoms with Crippen LogP contribution in [0.25, 0.3) is 0 Å². The van der Waals surface area contributed by atoms with E-state index in [1.165, 1.54) is 17.9 Å². The number of nitrogens with zero attached hydrogens (tertiary/aromatic N) is 4. The molecule has 0 aliphatic carbocycles. The second kappa shape index (κ2) is 28.5. The Morgan fingerprint density at radius 2 is 1.36 bits per heavy atom. The van der Waals surface area contributed by atoms with Gasteiger partial charge in [0, 0.05) is 41.1 Å². The minimum atomic E-state index is -1.93. The van der Waals surface area contributed by atoms with E-state index in [-0.39, 0.29) is 43.8 Å². The van der Waals surface area contributed by atoms with E-state index in [9.17, 15) is 54.2 Å². The van der Waals surface area contributed by atoms with Crippen molar-refractivity contribution < 1.29 is 58.1 Å². The van der Waals surface area contributed by atoms with E-state index in [0.29, 0.717) is 22.3 Å². The molecule has 7 N–H and O–H groups in total. The molecule has 1 unspecified atom stereocenters. The van der Waals surface area contributed by atoms with Crippen LogP contribution in [0.15, 0.2) is 84.9 Å². The molecule has 2 saturated heterocycles. The number of hydrogen-bond acceptors (Lipinski definition) is 14. The Bertz CT molecular complexity index is 2670. The molecule has 25 heteroatoms. The van der Waals surface area contributed by atoms with Crippen molar-refractivity contribution in [3.8, 4) is 0 Å². The highest BCUT2D eigenvalue weighted by atomic mass is 35.5. The molecule has 5 rings (SSSR count). The molecule has 422 valence electrons. The summed E-state index contributed by atoms with van der Waals surface area (Å²) in [5, 5.41) is 49.0. The number of halogens is 1. The summed E-state index contributed by atoms with van der Waals surface area (Å²) in [6, 6.07) is 8.59. The van der Waals surface area contributed by atoms with Crippen molar-refractivity contribution in [1.29, 1.82) is 0 Å². The van der Waals surface area contributed by atoms with Gasteiger partial charge >= 0.3 is 5.97 Å². The number of nitro groups is 2. The minimum Gasteiger partial charge on any atom is -0.458 e. The molecule has 0 saturated carbocycles. The number of carbonyl (C=O) groups is 8. The molecule has 2 aliphatic heterocycles. The first-order valence-corrected chi connectivity index (χ1v) is 26.3. The third-order valence-corrected chi connectivity index (χ3v) is 14.5. The summed E-state index contributed by atoms with van der Waals surface area (Å²) in [6.45, 7) is 8.55. The molecule has 2 aromatic carbocycles.